The van der Waals surface area contributed by atoms with Gasteiger partial charge in [0.15, 0.2) is 5.92 Å². The predicted octanol–water partition coefficient (Wildman–Crippen LogP) is 3.88. The van der Waals surface area contributed by atoms with E-state index < -0.39 is 30.0 Å². The van der Waals surface area contributed by atoms with Crippen molar-refractivity contribution in [3.8, 4) is 0 Å². The average Bonchev–Trinajstić information content (AvgIpc) is 3.00. The smallest absolute Gasteiger partial charge is 0.325 e. The number of amides is 2. The Balaban J connectivity index is 1.78. The molecule has 158 valence electrons. The quantitative estimate of drug-likeness (QED) is 0.700. The molecule has 0 saturated carbocycles. The zero-order valence-electron chi connectivity index (χ0n) is 16.4. The molecule has 1 heterocycles. The number of rotatable bonds is 6. The number of hydrogen-bond acceptors (Lipinski definition) is 4. The van der Waals surface area contributed by atoms with Gasteiger partial charge in [0.1, 0.15) is 6.04 Å². The van der Waals surface area contributed by atoms with Crippen LogP contribution in [0.4, 0.5) is 24.5 Å². The standard InChI is InChI=1S/C21H21F3N4O2/c1-3-25-18(21(22,23)24)14-8-7-9-15(12-14)26-19(29)17-13(2)27-28(20(17)30)16-10-5-4-6-11-16/h4-12,17-18,25H,3H2,1-2H3,(H,26,29). The van der Waals surface area contributed by atoms with Gasteiger partial charge in [-0.1, -0.05) is 37.3 Å². The van der Waals surface area contributed by atoms with Crippen LogP contribution in [0.5, 0.6) is 0 Å². The molecule has 0 bridgehead atoms. The van der Waals surface area contributed by atoms with Gasteiger partial charge in [0.05, 0.1) is 11.4 Å². The van der Waals surface area contributed by atoms with E-state index in [1.165, 1.54) is 24.3 Å². The van der Waals surface area contributed by atoms with Crippen molar-refractivity contribution in [1.82, 2.24) is 5.32 Å². The van der Waals surface area contributed by atoms with Crippen molar-refractivity contribution < 1.29 is 22.8 Å². The summed E-state index contributed by atoms with van der Waals surface area (Å²) in [6.45, 7) is 3.27. The fraction of sp³-hybridized carbons (Fsp3) is 0.286. The lowest BCUT2D eigenvalue weighted by atomic mass is 10.0. The summed E-state index contributed by atoms with van der Waals surface area (Å²) in [6.07, 6.45) is -4.49. The van der Waals surface area contributed by atoms with Crippen molar-refractivity contribution in [3.05, 3.63) is 60.2 Å². The van der Waals surface area contributed by atoms with Crippen molar-refractivity contribution in [1.29, 1.82) is 0 Å². The molecule has 0 aliphatic carbocycles. The third-order valence-corrected chi connectivity index (χ3v) is 4.62. The van der Waals surface area contributed by atoms with Crippen molar-refractivity contribution in [2.45, 2.75) is 26.1 Å². The van der Waals surface area contributed by atoms with Gasteiger partial charge in [-0.3, -0.25) is 9.59 Å². The van der Waals surface area contributed by atoms with E-state index in [9.17, 15) is 22.8 Å². The summed E-state index contributed by atoms with van der Waals surface area (Å²) in [5.74, 6) is -2.32. The highest BCUT2D eigenvalue weighted by molar-refractivity contribution is 6.28. The van der Waals surface area contributed by atoms with E-state index >= 15 is 0 Å². The Morgan fingerprint density at radius 1 is 1.17 bits per heavy atom. The van der Waals surface area contributed by atoms with Crippen molar-refractivity contribution in [2.24, 2.45) is 11.0 Å². The number of carbonyl (C=O) groups is 2. The average molecular weight is 418 g/mol. The Morgan fingerprint density at radius 2 is 1.87 bits per heavy atom. The van der Waals surface area contributed by atoms with Crippen LogP contribution in [0, 0.1) is 5.92 Å². The van der Waals surface area contributed by atoms with Crippen molar-refractivity contribution in [3.63, 3.8) is 0 Å². The molecular weight excluding hydrogens is 397 g/mol. The van der Waals surface area contributed by atoms with Gasteiger partial charge in [0.25, 0.3) is 5.91 Å². The Hall–Kier alpha value is -3.20. The molecule has 2 aromatic carbocycles. The normalized spacial score (nSPS) is 17.6. The van der Waals surface area contributed by atoms with Crippen LogP contribution < -0.4 is 15.6 Å². The number of nitrogens with one attached hydrogen (secondary N) is 2. The summed E-state index contributed by atoms with van der Waals surface area (Å²) in [4.78, 5) is 25.5. The largest absolute Gasteiger partial charge is 0.407 e. The Bertz CT molecular complexity index is 960. The molecule has 0 radical (unpaired) electrons. The summed E-state index contributed by atoms with van der Waals surface area (Å²) in [5.41, 5.74) is 0.968. The lowest BCUT2D eigenvalue weighted by Gasteiger charge is -2.22. The number of hydrazone groups is 1. The van der Waals surface area contributed by atoms with Crippen LogP contribution in [0.3, 0.4) is 0 Å². The van der Waals surface area contributed by atoms with Gasteiger partial charge in [-0.15, -0.1) is 0 Å². The number of benzene rings is 2. The SMILES string of the molecule is CCNC(c1cccc(NC(=O)C2C(=O)N(c3ccccc3)N=C2C)c1)C(F)(F)F. The zero-order valence-corrected chi connectivity index (χ0v) is 16.4. The second kappa shape index (κ2) is 8.66. The van der Waals surface area contributed by atoms with Crippen LogP contribution in [-0.4, -0.2) is 30.2 Å². The second-order valence-corrected chi connectivity index (χ2v) is 6.81. The maximum absolute atomic E-state index is 13.3. The van der Waals surface area contributed by atoms with E-state index in [1.54, 1.807) is 44.2 Å². The fourth-order valence-electron chi connectivity index (χ4n) is 3.26. The topological polar surface area (TPSA) is 73.8 Å². The lowest BCUT2D eigenvalue weighted by molar-refractivity contribution is -0.157. The molecular formula is C21H21F3N4O2. The van der Waals surface area contributed by atoms with Gasteiger partial charge >= 0.3 is 6.18 Å². The highest BCUT2D eigenvalue weighted by Gasteiger charge is 2.41. The van der Waals surface area contributed by atoms with E-state index in [0.29, 0.717) is 11.4 Å². The van der Waals surface area contributed by atoms with Gasteiger partial charge in [-0.05, 0) is 43.3 Å². The van der Waals surface area contributed by atoms with E-state index in [4.69, 9.17) is 0 Å². The Kier molecular flexibility index (Phi) is 6.21. The number of para-hydroxylation sites is 1. The molecule has 6 nitrogen and oxygen atoms in total. The lowest BCUT2D eigenvalue weighted by Crippen LogP contribution is -2.36. The van der Waals surface area contributed by atoms with Crippen LogP contribution in [0.15, 0.2) is 59.7 Å². The molecule has 0 aromatic heterocycles. The third-order valence-electron chi connectivity index (χ3n) is 4.62. The summed E-state index contributed by atoms with van der Waals surface area (Å²) in [5, 5.41) is 10.3. The van der Waals surface area contributed by atoms with E-state index in [1.807, 2.05) is 0 Å². The highest BCUT2D eigenvalue weighted by atomic mass is 19.4. The van der Waals surface area contributed by atoms with Crippen LogP contribution in [-0.2, 0) is 9.59 Å². The molecule has 9 heteroatoms. The van der Waals surface area contributed by atoms with E-state index in [-0.39, 0.29) is 17.8 Å². The number of alkyl halides is 3. The number of carbonyl (C=O) groups excluding carboxylic acids is 2. The van der Waals surface area contributed by atoms with Gasteiger partial charge in [0, 0.05) is 5.69 Å². The summed E-state index contributed by atoms with van der Waals surface area (Å²) in [7, 11) is 0. The molecule has 0 saturated heterocycles. The molecule has 0 spiro atoms. The summed E-state index contributed by atoms with van der Waals surface area (Å²) >= 11 is 0. The van der Waals surface area contributed by atoms with Gasteiger partial charge < -0.3 is 10.6 Å². The van der Waals surface area contributed by atoms with Crippen molar-refractivity contribution >= 4 is 28.9 Å². The number of hydrogen-bond donors (Lipinski definition) is 2. The zero-order chi connectivity index (χ0) is 21.9. The monoisotopic (exact) mass is 418 g/mol. The molecule has 2 amide bonds. The van der Waals surface area contributed by atoms with E-state index in [2.05, 4.69) is 15.7 Å². The first-order valence-corrected chi connectivity index (χ1v) is 9.37. The van der Waals surface area contributed by atoms with Gasteiger partial charge in [0.2, 0.25) is 5.91 Å². The Morgan fingerprint density at radius 3 is 2.50 bits per heavy atom. The molecule has 2 unspecified atom stereocenters. The highest BCUT2D eigenvalue weighted by Crippen LogP contribution is 2.33. The van der Waals surface area contributed by atoms with Gasteiger partial charge in [-0.25, -0.2) is 0 Å². The van der Waals surface area contributed by atoms with Crippen molar-refractivity contribution in [2.75, 3.05) is 16.9 Å². The summed E-state index contributed by atoms with van der Waals surface area (Å²) in [6, 6.07) is 12.3. The molecule has 30 heavy (non-hydrogen) atoms. The molecule has 0 fully saturated rings. The molecule has 2 atom stereocenters. The minimum absolute atomic E-state index is 0.0313. The first-order chi connectivity index (χ1) is 14.2. The first-order valence-electron chi connectivity index (χ1n) is 9.37. The minimum atomic E-state index is -4.49. The molecule has 2 N–H and O–H groups in total. The molecule has 1 aliphatic rings. The number of halogens is 3. The first kappa shape index (κ1) is 21.5. The van der Waals surface area contributed by atoms with Crippen LogP contribution in [0.25, 0.3) is 0 Å². The van der Waals surface area contributed by atoms with E-state index in [0.717, 1.165) is 5.01 Å². The Labute approximate surface area is 171 Å². The predicted molar refractivity (Wildman–Crippen MR) is 108 cm³/mol. The van der Waals surface area contributed by atoms with Crippen LogP contribution in [0.1, 0.15) is 25.5 Å². The maximum Gasteiger partial charge on any atom is 0.407 e. The van der Waals surface area contributed by atoms with Crippen LogP contribution >= 0.6 is 0 Å². The molecule has 3 rings (SSSR count). The third kappa shape index (κ3) is 4.51. The number of anilines is 2. The second-order valence-electron chi connectivity index (χ2n) is 6.81. The fourth-order valence-corrected chi connectivity index (χ4v) is 3.26. The number of nitrogens with zero attached hydrogens (tertiary/aromatic N) is 2. The maximum atomic E-state index is 13.3. The van der Waals surface area contributed by atoms with Crippen LogP contribution in [0.2, 0.25) is 0 Å². The van der Waals surface area contributed by atoms with Gasteiger partial charge in [-0.2, -0.15) is 23.3 Å². The molecule has 2 aromatic rings. The minimum Gasteiger partial charge on any atom is -0.325 e. The summed E-state index contributed by atoms with van der Waals surface area (Å²) < 4.78 is 40.0. The molecule has 1 aliphatic heterocycles.